The number of nitrogens with zero attached hydrogens (tertiary/aromatic N) is 3. The molecule has 4 nitrogen and oxygen atoms in total. The number of aromatic nitrogens is 2. The predicted molar refractivity (Wildman–Crippen MR) is 65.2 cm³/mol. The van der Waals surface area contributed by atoms with Gasteiger partial charge in [-0.1, -0.05) is 0 Å². The van der Waals surface area contributed by atoms with Crippen molar-refractivity contribution in [2.24, 2.45) is 11.7 Å². The quantitative estimate of drug-likeness (QED) is 0.804. The van der Waals surface area contributed by atoms with Crippen molar-refractivity contribution in [2.45, 2.75) is 26.3 Å². The molecule has 0 bridgehead atoms. The first kappa shape index (κ1) is 11.6. The fourth-order valence-corrected chi connectivity index (χ4v) is 2.48. The first-order valence-electron chi connectivity index (χ1n) is 6.19. The smallest absolute Gasteiger partial charge is 0.105 e. The maximum absolute atomic E-state index is 5.59. The molecular formula is C12H22N4. The average molecular weight is 222 g/mol. The molecule has 1 fully saturated rings. The Bertz CT molecular complexity index is 321. The molecule has 0 spiro atoms. The van der Waals surface area contributed by atoms with Gasteiger partial charge < -0.3 is 15.2 Å². The highest BCUT2D eigenvalue weighted by Crippen LogP contribution is 2.18. The van der Waals surface area contributed by atoms with Gasteiger partial charge in [-0.3, -0.25) is 0 Å². The number of nitrogens with two attached hydrogens (primary N) is 1. The van der Waals surface area contributed by atoms with Crippen LogP contribution in [-0.2, 0) is 6.54 Å². The largest absolute Gasteiger partial charge is 0.334 e. The number of hydrogen-bond acceptors (Lipinski definition) is 3. The molecule has 4 heteroatoms. The number of rotatable bonds is 5. The van der Waals surface area contributed by atoms with Crippen LogP contribution in [0.2, 0.25) is 0 Å². The first-order chi connectivity index (χ1) is 7.79. The Morgan fingerprint density at radius 3 is 3.06 bits per heavy atom. The van der Waals surface area contributed by atoms with Crippen LogP contribution in [0.15, 0.2) is 12.4 Å². The molecule has 0 aliphatic carbocycles. The van der Waals surface area contributed by atoms with Crippen LogP contribution in [0.1, 0.15) is 18.7 Å². The van der Waals surface area contributed by atoms with E-state index in [0.29, 0.717) is 0 Å². The summed E-state index contributed by atoms with van der Waals surface area (Å²) in [7, 11) is 0. The van der Waals surface area contributed by atoms with Gasteiger partial charge in [-0.05, 0) is 38.8 Å². The topological polar surface area (TPSA) is 47.1 Å². The number of aryl methyl sites for hydroxylation is 1. The van der Waals surface area contributed by atoms with E-state index >= 15 is 0 Å². The van der Waals surface area contributed by atoms with Crippen LogP contribution in [0.5, 0.6) is 0 Å². The molecule has 2 N–H and O–H groups in total. The van der Waals surface area contributed by atoms with Crippen LogP contribution in [0, 0.1) is 12.8 Å². The van der Waals surface area contributed by atoms with Crippen molar-refractivity contribution in [3.05, 3.63) is 18.2 Å². The molecule has 0 amide bonds. The van der Waals surface area contributed by atoms with Crippen molar-refractivity contribution in [1.82, 2.24) is 14.5 Å². The maximum Gasteiger partial charge on any atom is 0.105 e. The van der Waals surface area contributed by atoms with Gasteiger partial charge in [0.15, 0.2) is 0 Å². The molecule has 16 heavy (non-hydrogen) atoms. The molecule has 1 atom stereocenters. The second-order valence-corrected chi connectivity index (χ2v) is 4.70. The highest BCUT2D eigenvalue weighted by Gasteiger charge is 2.21. The predicted octanol–water partition coefficient (Wildman–Crippen LogP) is 0.862. The molecular weight excluding hydrogens is 200 g/mol. The van der Waals surface area contributed by atoms with Crippen molar-refractivity contribution in [3.63, 3.8) is 0 Å². The lowest BCUT2D eigenvalue weighted by molar-refractivity contribution is 0.306. The lowest BCUT2D eigenvalue weighted by atomic mass is 10.1. The van der Waals surface area contributed by atoms with Crippen LogP contribution in [0.25, 0.3) is 0 Å². The van der Waals surface area contributed by atoms with Gasteiger partial charge in [0.25, 0.3) is 0 Å². The SMILES string of the molecule is Cc1nccn1CCN1CCC(CCN)C1. The minimum absolute atomic E-state index is 0.828. The summed E-state index contributed by atoms with van der Waals surface area (Å²) >= 11 is 0. The third-order valence-corrected chi connectivity index (χ3v) is 3.53. The third kappa shape index (κ3) is 2.83. The minimum Gasteiger partial charge on any atom is -0.334 e. The molecule has 1 aliphatic rings. The lowest BCUT2D eigenvalue weighted by Crippen LogP contribution is -2.25. The highest BCUT2D eigenvalue weighted by atomic mass is 15.2. The van der Waals surface area contributed by atoms with Crippen molar-refractivity contribution in [3.8, 4) is 0 Å². The summed E-state index contributed by atoms with van der Waals surface area (Å²) < 4.78 is 2.22. The van der Waals surface area contributed by atoms with Gasteiger partial charge in [-0.2, -0.15) is 0 Å². The van der Waals surface area contributed by atoms with Crippen LogP contribution < -0.4 is 5.73 Å². The van der Waals surface area contributed by atoms with E-state index in [0.717, 1.165) is 31.4 Å². The van der Waals surface area contributed by atoms with E-state index in [1.54, 1.807) is 0 Å². The number of likely N-dealkylation sites (tertiary alicyclic amines) is 1. The fourth-order valence-electron chi connectivity index (χ4n) is 2.48. The summed E-state index contributed by atoms with van der Waals surface area (Å²) in [6.07, 6.45) is 6.43. The van der Waals surface area contributed by atoms with E-state index in [1.165, 1.54) is 25.9 Å². The summed E-state index contributed by atoms with van der Waals surface area (Å²) in [4.78, 5) is 6.78. The Hall–Kier alpha value is -0.870. The zero-order valence-corrected chi connectivity index (χ0v) is 10.1. The zero-order chi connectivity index (χ0) is 11.4. The summed E-state index contributed by atoms with van der Waals surface area (Å²) in [5, 5.41) is 0. The van der Waals surface area contributed by atoms with Crippen LogP contribution in [0.3, 0.4) is 0 Å². The normalized spacial score (nSPS) is 21.8. The second-order valence-electron chi connectivity index (χ2n) is 4.70. The Morgan fingerprint density at radius 1 is 1.50 bits per heavy atom. The van der Waals surface area contributed by atoms with Crippen LogP contribution in [-0.4, -0.2) is 40.6 Å². The molecule has 1 unspecified atom stereocenters. The van der Waals surface area contributed by atoms with Crippen molar-refractivity contribution < 1.29 is 0 Å². The van der Waals surface area contributed by atoms with E-state index in [-0.39, 0.29) is 0 Å². The Balaban J connectivity index is 1.74. The molecule has 0 saturated carbocycles. The molecule has 1 saturated heterocycles. The maximum atomic E-state index is 5.59. The van der Waals surface area contributed by atoms with Gasteiger partial charge in [0.2, 0.25) is 0 Å². The minimum atomic E-state index is 0.828. The number of hydrogen-bond donors (Lipinski definition) is 1. The fraction of sp³-hybridized carbons (Fsp3) is 0.750. The van der Waals surface area contributed by atoms with Gasteiger partial charge in [0.1, 0.15) is 5.82 Å². The summed E-state index contributed by atoms with van der Waals surface area (Å²) in [6.45, 7) is 7.54. The van der Waals surface area contributed by atoms with Gasteiger partial charge in [0.05, 0.1) is 0 Å². The van der Waals surface area contributed by atoms with Gasteiger partial charge >= 0.3 is 0 Å². The molecule has 2 rings (SSSR count). The van der Waals surface area contributed by atoms with E-state index in [2.05, 4.69) is 27.6 Å². The van der Waals surface area contributed by atoms with E-state index < -0.39 is 0 Å². The molecule has 1 aromatic heterocycles. The summed E-state index contributed by atoms with van der Waals surface area (Å²) in [5.41, 5.74) is 5.59. The lowest BCUT2D eigenvalue weighted by Gasteiger charge is -2.16. The number of imidazole rings is 1. The molecule has 0 aromatic carbocycles. The monoisotopic (exact) mass is 222 g/mol. The molecule has 0 radical (unpaired) electrons. The Kier molecular flexibility index (Phi) is 3.96. The molecule has 1 aliphatic heterocycles. The van der Waals surface area contributed by atoms with E-state index in [1.807, 2.05) is 6.20 Å². The summed E-state index contributed by atoms with van der Waals surface area (Å²) in [6, 6.07) is 0. The standard InChI is InChI=1S/C12H22N4/c1-11-14-5-7-16(11)9-8-15-6-3-12(10-15)2-4-13/h5,7,12H,2-4,6,8-10,13H2,1H3. The summed E-state index contributed by atoms with van der Waals surface area (Å²) in [5.74, 6) is 1.94. The Labute approximate surface area is 97.4 Å². The van der Waals surface area contributed by atoms with Crippen molar-refractivity contribution in [1.29, 1.82) is 0 Å². The Morgan fingerprint density at radius 2 is 2.38 bits per heavy atom. The third-order valence-electron chi connectivity index (χ3n) is 3.53. The van der Waals surface area contributed by atoms with Gasteiger partial charge in [0, 0.05) is 32.0 Å². The molecule has 2 heterocycles. The molecule has 90 valence electrons. The van der Waals surface area contributed by atoms with Gasteiger partial charge in [-0.15, -0.1) is 0 Å². The average Bonchev–Trinajstić information content (AvgIpc) is 2.86. The zero-order valence-electron chi connectivity index (χ0n) is 10.1. The van der Waals surface area contributed by atoms with E-state index in [4.69, 9.17) is 5.73 Å². The first-order valence-corrected chi connectivity index (χ1v) is 6.19. The second kappa shape index (κ2) is 5.46. The van der Waals surface area contributed by atoms with E-state index in [9.17, 15) is 0 Å². The highest BCUT2D eigenvalue weighted by molar-refractivity contribution is 4.88. The van der Waals surface area contributed by atoms with Crippen LogP contribution >= 0.6 is 0 Å². The molecule has 1 aromatic rings. The van der Waals surface area contributed by atoms with Gasteiger partial charge in [-0.25, -0.2) is 4.98 Å². The van der Waals surface area contributed by atoms with Crippen molar-refractivity contribution in [2.75, 3.05) is 26.2 Å². The van der Waals surface area contributed by atoms with Crippen molar-refractivity contribution >= 4 is 0 Å². The van der Waals surface area contributed by atoms with Crippen LogP contribution in [0.4, 0.5) is 0 Å².